The van der Waals surface area contributed by atoms with Gasteiger partial charge in [0.05, 0.1) is 23.2 Å². The Kier molecular flexibility index (Phi) is 9.87. The van der Waals surface area contributed by atoms with Crippen LogP contribution in [0, 0.1) is 5.41 Å². The second-order valence-electron chi connectivity index (χ2n) is 10.0. The van der Waals surface area contributed by atoms with Crippen LogP contribution in [-0.2, 0) is 26.3 Å². The number of thiophene rings is 1. The topological polar surface area (TPSA) is 148 Å². The molecule has 3 fully saturated rings. The summed E-state index contributed by atoms with van der Waals surface area (Å²) in [5.74, 6) is -1.53. The molecule has 4 aliphatic heterocycles. The molecule has 0 aromatic carbocycles. The molecule has 5 rings (SSSR count). The summed E-state index contributed by atoms with van der Waals surface area (Å²) < 4.78 is 6.28. The van der Waals surface area contributed by atoms with E-state index in [4.69, 9.17) is 24.5 Å². The summed E-state index contributed by atoms with van der Waals surface area (Å²) >= 11 is 1.67. The highest BCUT2D eigenvalue weighted by atomic mass is 32.1. The van der Waals surface area contributed by atoms with Gasteiger partial charge in [-0.15, -0.1) is 11.3 Å². The Morgan fingerprint density at radius 3 is 2.39 bits per heavy atom. The third-order valence-electron chi connectivity index (χ3n) is 7.30. The fourth-order valence-corrected chi connectivity index (χ4v) is 6.87. The van der Waals surface area contributed by atoms with Crippen LogP contribution in [0.25, 0.3) is 0 Å². The molecule has 5 N–H and O–H groups in total. The van der Waals surface area contributed by atoms with Crippen LogP contribution in [0.2, 0.25) is 0 Å². The molecule has 4 aliphatic rings. The number of aliphatic hydroxyl groups is 1. The predicted octanol–water partition coefficient (Wildman–Crippen LogP) is 1.66. The van der Waals surface area contributed by atoms with Crippen molar-refractivity contribution in [3.05, 3.63) is 21.4 Å². The molecule has 36 heavy (non-hydrogen) atoms. The number of hydrogen-bond acceptors (Lipinski definition) is 8. The highest BCUT2D eigenvalue weighted by Gasteiger charge is 2.45. The van der Waals surface area contributed by atoms with Crippen molar-refractivity contribution in [2.45, 2.75) is 64.1 Å². The third-order valence-corrected chi connectivity index (χ3v) is 8.49. The van der Waals surface area contributed by atoms with Crippen molar-refractivity contribution in [2.75, 3.05) is 45.9 Å². The van der Waals surface area contributed by atoms with Gasteiger partial charge in [-0.1, -0.05) is 0 Å². The quantitative estimate of drug-likeness (QED) is 0.369. The van der Waals surface area contributed by atoms with Crippen LogP contribution in [-0.4, -0.2) is 90.0 Å². The average Bonchev–Trinajstić information content (AvgIpc) is 3.27. The molecule has 11 heteroatoms. The first kappa shape index (κ1) is 28.5. The number of carbonyl (C=O) groups excluding carboxylic acids is 1. The molecule has 0 unspecified atom stereocenters. The fourth-order valence-electron chi connectivity index (χ4n) is 5.67. The zero-order valence-electron chi connectivity index (χ0n) is 21.2. The summed E-state index contributed by atoms with van der Waals surface area (Å²) in [6.45, 7) is 7.99. The van der Waals surface area contributed by atoms with E-state index in [0.717, 1.165) is 96.6 Å². The monoisotopic (exact) mass is 525 g/mol. The number of carboxylic acid groups (broad SMARTS) is 2. The van der Waals surface area contributed by atoms with Gasteiger partial charge < -0.3 is 35.6 Å². The molecule has 3 saturated heterocycles. The SMILES string of the molecule is CC(=O)O.CC(=O)O.O=C(c1cc2c(s1)CCOC21CCNCC1)N1CCC[C@]2(CNCC[C@@H]2O)C1. The lowest BCUT2D eigenvalue weighted by atomic mass is 9.72. The maximum Gasteiger partial charge on any atom is 0.300 e. The molecule has 5 heterocycles. The Bertz CT molecular complexity index is 907. The van der Waals surface area contributed by atoms with Gasteiger partial charge in [0.15, 0.2) is 0 Å². The second-order valence-corrected chi connectivity index (χ2v) is 11.1. The molecule has 0 aliphatic carbocycles. The van der Waals surface area contributed by atoms with Gasteiger partial charge >= 0.3 is 0 Å². The van der Waals surface area contributed by atoms with Crippen molar-refractivity contribution in [3.63, 3.8) is 0 Å². The normalized spacial score (nSPS) is 26.6. The molecule has 1 amide bonds. The second kappa shape index (κ2) is 12.5. The van der Waals surface area contributed by atoms with Crippen molar-refractivity contribution in [1.82, 2.24) is 15.5 Å². The number of rotatable bonds is 1. The van der Waals surface area contributed by atoms with Gasteiger partial charge in [0.1, 0.15) is 0 Å². The minimum atomic E-state index is -0.833. The lowest BCUT2D eigenvalue weighted by Crippen LogP contribution is -2.58. The zero-order valence-corrected chi connectivity index (χ0v) is 22.0. The van der Waals surface area contributed by atoms with Gasteiger partial charge in [0, 0.05) is 50.2 Å². The van der Waals surface area contributed by atoms with Crippen molar-refractivity contribution in [1.29, 1.82) is 0 Å². The Labute approximate surface area is 216 Å². The molecule has 0 radical (unpaired) electrons. The highest BCUT2D eigenvalue weighted by molar-refractivity contribution is 7.14. The molecule has 1 aromatic heterocycles. The van der Waals surface area contributed by atoms with Crippen LogP contribution in [0.1, 0.15) is 66.1 Å². The molecule has 0 bridgehead atoms. The first-order chi connectivity index (χ1) is 17.1. The van der Waals surface area contributed by atoms with Gasteiger partial charge in [-0.2, -0.15) is 0 Å². The van der Waals surface area contributed by atoms with Gasteiger partial charge in [0.25, 0.3) is 17.8 Å². The number of amides is 1. The standard InChI is InChI=1S/C21H31N3O3S.2C2H4O2/c25-18-2-7-23-13-20(18)4-1-10-24(14-20)19(26)17-12-15-16(28-17)3-11-27-21(15)5-8-22-9-6-21;2*1-2(3)4/h12,18,22-23,25H,1-11,13-14H2;2*1H3,(H,3,4)/t18-,20-;;/m0../s1. The minimum absolute atomic E-state index is 0.139. The predicted molar refractivity (Wildman–Crippen MR) is 135 cm³/mol. The average molecular weight is 526 g/mol. The molecule has 1 aromatic rings. The maximum absolute atomic E-state index is 13.4. The van der Waals surface area contributed by atoms with Crippen LogP contribution < -0.4 is 10.6 Å². The van der Waals surface area contributed by atoms with E-state index in [1.807, 2.05) is 4.90 Å². The van der Waals surface area contributed by atoms with Crippen LogP contribution in [0.15, 0.2) is 6.07 Å². The number of piperidine rings is 3. The summed E-state index contributed by atoms with van der Waals surface area (Å²) in [7, 11) is 0. The number of ether oxygens (including phenoxy) is 1. The van der Waals surface area contributed by atoms with E-state index in [9.17, 15) is 9.90 Å². The number of fused-ring (bicyclic) bond motifs is 2. The summed E-state index contributed by atoms with van der Waals surface area (Å²) in [5.41, 5.74) is 0.891. The van der Waals surface area contributed by atoms with Gasteiger partial charge in [-0.3, -0.25) is 14.4 Å². The molecule has 2 spiro atoms. The van der Waals surface area contributed by atoms with E-state index in [1.165, 1.54) is 10.4 Å². The summed E-state index contributed by atoms with van der Waals surface area (Å²) in [5, 5.41) is 32.3. The van der Waals surface area contributed by atoms with E-state index in [1.54, 1.807) is 11.3 Å². The van der Waals surface area contributed by atoms with E-state index < -0.39 is 11.9 Å². The van der Waals surface area contributed by atoms with Gasteiger partial charge in [-0.25, -0.2) is 0 Å². The number of aliphatic hydroxyl groups excluding tert-OH is 1. The minimum Gasteiger partial charge on any atom is -0.481 e. The number of carboxylic acids is 2. The number of nitrogens with one attached hydrogen (secondary N) is 2. The number of aliphatic carboxylic acids is 2. The van der Waals surface area contributed by atoms with Crippen molar-refractivity contribution < 1.29 is 34.4 Å². The summed E-state index contributed by atoms with van der Waals surface area (Å²) in [4.78, 5) is 35.6. The van der Waals surface area contributed by atoms with Crippen LogP contribution in [0.3, 0.4) is 0 Å². The molecule has 0 saturated carbocycles. The Morgan fingerprint density at radius 1 is 1.08 bits per heavy atom. The number of hydrogen-bond donors (Lipinski definition) is 5. The smallest absolute Gasteiger partial charge is 0.300 e. The van der Waals surface area contributed by atoms with Gasteiger partial charge in [0.2, 0.25) is 0 Å². The number of nitrogens with zero attached hydrogens (tertiary/aromatic N) is 1. The first-order valence-electron chi connectivity index (χ1n) is 12.6. The van der Waals surface area contributed by atoms with E-state index in [-0.39, 0.29) is 23.0 Å². The molecule has 10 nitrogen and oxygen atoms in total. The Hall–Kier alpha value is -2.05. The molecular weight excluding hydrogens is 486 g/mol. The Balaban J connectivity index is 0.000000398. The molecular formula is C25H39N3O7S. The lowest BCUT2D eigenvalue weighted by Gasteiger charge is -2.48. The van der Waals surface area contributed by atoms with E-state index >= 15 is 0 Å². The maximum atomic E-state index is 13.4. The van der Waals surface area contributed by atoms with Gasteiger partial charge in [-0.05, 0) is 63.4 Å². The number of carbonyl (C=O) groups is 3. The van der Waals surface area contributed by atoms with Crippen molar-refractivity contribution in [3.8, 4) is 0 Å². The van der Waals surface area contributed by atoms with Crippen molar-refractivity contribution >= 4 is 29.2 Å². The van der Waals surface area contributed by atoms with Crippen LogP contribution >= 0.6 is 11.3 Å². The van der Waals surface area contributed by atoms with E-state index in [2.05, 4.69) is 16.7 Å². The first-order valence-corrected chi connectivity index (χ1v) is 13.5. The molecule has 2 atom stereocenters. The van der Waals surface area contributed by atoms with Crippen LogP contribution in [0.4, 0.5) is 0 Å². The van der Waals surface area contributed by atoms with Crippen molar-refractivity contribution in [2.24, 2.45) is 5.41 Å². The zero-order chi connectivity index (χ0) is 26.3. The number of likely N-dealkylation sites (tertiary alicyclic amines) is 1. The largest absolute Gasteiger partial charge is 0.481 e. The third kappa shape index (κ3) is 6.83. The Morgan fingerprint density at radius 2 is 1.75 bits per heavy atom. The summed E-state index contributed by atoms with van der Waals surface area (Å²) in [6, 6.07) is 2.13. The fraction of sp³-hybridized carbons (Fsp3) is 0.720. The van der Waals surface area contributed by atoms with Crippen LogP contribution in [0.5, 0.6) is 0 Å². The highest BCUT2D eigenvalue weighted by Crippen LogP contribution is 2.44. The van der Waals surface area contributed by atoms with E-state index in [0.29, 0.717) is 6.54 Å². The lowest BCUT2D eigenvalue weighted by molar-refractivity contribution is -0.135. The summed E-state index contributed by atoms with van der Waals surface area (Å²) in [6.07, 6.45) is 5.30. The molecule has 202 valence electrons.